The number of hydrogen-bond donors (Lipinski definition) is 2. The number of aromatic nitrogens is 2. The smallest absolute Gasteiger partial charge is 0.0931 e. The molecule has 1 aliphatic heterocycles. The Balaban J connectivity index is 1.64. The van der Waals surface area contributed by atoms with E-state index >= 15 is 0 Å². The number of imidazole rings is 1. The SMILES string of the molecule is OC(CN1CCc2[nH]cnc2C1c1ccccc1)c1ccc(Cl)cc1Cl. The molecular formula is C20H19Cl2N3O. The van der Waals surface area contributed by atoms with Crippen molar-refractivity contribution in [1.29, 1.82) is 0 Å². The highest BCUT2D eigenvalue weighted by Crippen LogP contribution is 2.35. The van der Waals surface area contributed by atoms with E-state index in [1.807, 2.05) is 18.2 Å². The molecule has 4 nitrogen and oxygen atoms in total. The van der Waals surface area contributed by atoms with Crippen molar-refractivity contribution in [2.75, 3.05) is 13.1 Å². The van der Waals surface area contributed by atoms with Gasteiger partial charge in [0.1, 0.15) is 0 Å². The highest BCUT2D eigenvalue weighted by atomic mass is 35.5. The van der Waals surface area contributed by atoms with Crippen molar-refractivity contribution in [2.45, 2.75) is 18.6 Å². The topological polar surface area (TPSA) is 52.1 Å². The molecule has 4 rings (SSSR count). The molecule has 0 saturated carbocycles. The lowest BCUT2D eigenvalue weighted by Gasteiger charge is -2.36. The summed E-state index contributed by atoms with van der Waals surface area (Å²) < 4.78 is 0. The van der Waals surface area contributed by atoms with Gasteiger partial charge >= 0.3 is 0 Å². The van der Waals surface area contributed by atoms with Crippen LogP contribution in [0.25, 0.3) is 0 Å². The molecule has 134 valence electrons. The first-order valence-electron chi connectivity index (χ1n) is 8.57. The van der Waals surface area contributed by atoms with Crippen molar-refractivity contribution in [3.05, 3.63) is 87.4 Å². The molecule has 0 radical (unpaired) electrons. The number of H-pyrrole nitrogens is 1. The number of fused-ring (bicyclic) bond motifs is 1. The van der Waals surface area contributed by atoms with Crippen molar-refractivity contribution in [1.82, 2.24) is 14.9 Å². The molecule has 2 unspecified atom stereocenters. The monoisotopic (exact) mass is 387 g/mol. The lowest BCUT2D eigenvalue weighted by Crippen LogP contribution is -2.39. The Morgan fingerprint density at radius 2 is 2.00 bits per heavy atom. The number of benzene rings is 2. The molecule has 0 saturated heterocycles. The normalized spacial score (nSPS) is 18.5. The average molecular weight is 388 g/mol. The Kier molecular flexibility index (Phi) is 5.00. The zero-order chi connectivity index (χ0) is 18.1. The second-order valence-corrected chi connectivity index (χ2v) is 7.35. The quantitative estimate of drug-likeness (QED) is 0.697. The van der Waals surface area contributed by atoms with E-state index in [1.165, 1.54) is 0 Å². The van der Waals surface area contributed by atoms with Crippen LogP contribution in [0.4, 0.5) is 0 Å². The minimum absolute atomic E-state index is 0.00641. The van der Waals surface area contributed by atoms with Crippen LogP contribution in [0.15, 0.2) is 54.9 Å². The van der Waals surface area contributed by atoms with Crippen molar-refractivity contribution in [2.24, 2.45) is 0 Å². The van der Waals surface area contributed by atoms with Crippen molar-refractivity contribution < 1.29 is 5.11 Å². The molecule has 2 aromatic carbocycles. The van der Waals surface area contributed by atoms with Gasteiger partial charge in [0.05, 0.1) is 24.2 Å². The molecule has 1 aromatic heterocycles. The maximum absolute atomic E-state index is 10.8. The second kappa shape index (κ2) is 7.41. The fourth-order valence-corrected chi connectivity index (χ4v) is 4.15. The van der Waals surface area contributed by atoms with Crippen LogP contribution in [0.2, 0.25) is 10.0 Å². The lowest BCUT2D eigenvalue weighted by molar-refractivity contribution is 0.0909. The Morgan fingerprint density at radius 3 is 2.77 bits per heavy atom. The third-order valence-electron chi connectivity index (χ3n) is 4.87. The number of nitrogens with one attached hydrogen (secondary N) is 1. The first kappa shape index (κ1) is 17.6. The van der Waals surface area contributed by atoms with E-state index in [2.05, 4.69) is 27.0 Å². The number of β-amino-alcohol motifs (C(OH)–C–C–N with tert-alkyl or cyclic N) is 1. The third kappa shape index (κ3) is 3.38. The van der Waals surface area contributed by atoms with Crippen molar-refractivity contribution in [3.63, 3.8) is 0 Å². The molecule has 0 amide bonds. The van der Waals surface area contributed by atoms with Crippen LogP contribution in [0.3, 0.4) is 0 Å². The molecule has 26 heavy (non-hydrogen) atoms. The number of aromatic amines is 1. The van der Waals surface area contributed by atoms with Gasteiger partial charge in [-0.25, -0.2) is 4.98 Å². The molecule has 0 fully saturated rings. The van der Waals surface area contributed by atoms with Crippen LogP contribution in [0.1, 0.15) is 34.7 Å². The molecule has 0 spiro atoms. The fourth-order valence-electron chi connectivity index (χ4n) is 3.62. The predicted molar refractivity (Wildman–Crippen MR) is 104 cm³/mol. The Bertz CT molecular complexity index is 897. The number of halogens is 2. The lowest BCUT2D eigenvalue weighted by atomic mass is 9.94. The minimum atomic E-state index is -0.702. The minimum Gasteiger partial charge on any atom is -0.387 e. The maximum atomic E-state index is 10.8. The first-order valence-corrected chi connectivity index (χ1v) is 9.33. The summed E-state index contributed by atoms with van der Waals surface area (Å²) in [5.41, 5.74) is 4.04. The van der Waals surface area contributed by atoms with Crippen LogP contribution in [-0.4, -0.2) is 33.1 Å². The summed E-state index contributed by atoms with van der Waals surface area (Å²) >= 11 is 12.3. The van der Waals surface area contributed by atoms with E-state index in [9.17, 15) is 5.11 Å². The Labute approximate surface area is 162 Å². The van der Waals surface area contributed by atoms with Crippen LogP contribution >= 0.6 is 23.2 Å². The van der Waals surface area contributed by atoms with Crippen LogP contribution < -0.4 is 0 Å². The summed E-state index contributed by atoms with van der Waals surface area (Å²) in [6.07, 6.45) is 1.92. The van der Waals surface area contributed by atoms with Gasteiger partial charge in [0.25, 0.3) is 0 Å². The largest absolute Gasteiger partial charge is 0.387 e. The molecule has 2 atom stereocenters. The summed E-state index contributed by atoms with van der Waals surface area (Å²) in [6, 6.07) is 15.5. The predicted octanol–water partition coefficient (Wildman–Crippen LogP) is 4.40. The van der Waals surface area contributed by atoms with Gasteiger partial charge in [-0.05, 0) is 17.7 Å². The van der Waals surface area contributed by atoms with E-state index in [-0.39, 0.29) is 6.04 Å². The summed E-state index contributed by atoms with van der Waals surface area (Å²) in [6.45, 7) is 1.30. The third-order valence-corrected chi connectivity index (χ3v) is 5.43. The number of aliphatic hydroxyl groups excluding tert-OH is 1. The standard InChI is InChI=1S/C20H19Cl2N3O/c21-14-6-7-15(16(22)10-14)18(26)11-25-9-8-17-19(24-12-23-17)20(25)13-4-2-1-3-5-13/h1-7,10,12,18,20,26H,8-9,11H2,(H,23,24). The molecular weight excluding hydrogens is 369 g/mol. The van der Waals surface area contributed by atoms with E-state index in [0.29, 0.717) is 22.2 Å². The molecule has 0 aliphatic carbocycles. The van der Waals surface area contributed by atoms with Gasteiger partial charge in [-0.15, -0.1) is 0 Å². The summed E-state index contributed by atoms with van der Waals surface area (Å²) in [7, 11) is 0. The van der Waals surface area contributed by atoms with E-state index in [0.717, 1.165) is 29.9 Å². The van der Waals surface area contributed by atoms with E-state index in [4.69, 9.17) is 23.2 Å². The molecule has 2 N–H and O–H groups in total. The number of nitrogens with zero attached hydrogens (tertiary/aromatic N) is 2. The average Bonchev–Trinajstić information content (AvgIpc) is 3.10. The number of aliphatic hydroxyl groups is 1. The second-order valence-electron chi connectivity index (χ2n) is 6.51. The van der Waals surface area contributed by atoms with Gasteiger partial charge < -0.3 is 10.1 Å². The number of rotatable bonds is 4. The molecule has 2 heterocycles. The van der Waals surface area contributed by atoms with Gasteiger partial charge in [-0.3, -0.25) is 4.90 Å². The van der Waals surface area contributed by atoms with E-state index in [1.54, 1.807) is 24.5 Å². The zero-order valence-corrected chi connectivity index (χ0v) is 15.6. The van der Waals surface area contributed by atoms with Crippen molar-refractivity contribution in [3.8, 4) is 0 Å². The van der Waals surface area contributed by atoms with Gasteiger partial charge in [-0.2, -0.15) is 0 Å². The maximum Gasteiger partial charge on any atom is 0.0931 e. The van der Waals surface area contributed by atoms with E-state index < -0.39 is 6.10 Å². The van der Waals surface area contributed by atoms with Crippen LogP contribution in [0, 0.1) is 0 Å². The highest BCUT2D eigenvalue weighted by molar-refractivity contribution is 6.35. The molecule has 3 aromatic rings. The van der Waals surface area contributed by atoms with Crippen LogP contribution in [0.5, 0.6) is 0 Å². The molecule has 0 bridgehead atoms. The van der Waals surface area contributed by atoms with Crippen molar-refractivity contribution >= 4 is 23.2 Å². The zero-order valence-electron chi connectivity index (χ0n) is 14.1. The molecule has 6 heteroatoms. The fraction of sp³-hybridized carbons (Fsp3) is 0.250. The highest BCUT2D eigenvalue weighted by Gasteiger charge is 2.32. The Hall–Kier alpha value is -1.85. The van der Waals surface area contributed by atoms with Gasteiger partial charge in [0, 0.05) is 40.8 Å². The van der Waals surface area contributed by atoms with Gasteiger partial charge in [-0.1, -0.05) is 59.6 Å². The Morgan fingerprint density at radius 1 is 1.19 bits per heavy atom. The summed E-state index contributed by atoms with van der Waals surface area (Å²) in [4.78, 5) is 10.1. The van der Waals surface area contributed by atoms with Crippen LogP contribution in [-0.2, 0) is 6.42 Å². The first-order chi connectivity index (χ1) is 12.6. The summed E-state index contributed by atoms with van der Waals surface area (Å²) in [5.74, 6) is 0. The number of hydrogen-bond acceptors (Lipinski definition) is 3. The van der Waals surface area contributed by atoms with Gasteiger partial charge in [0.2, 0.25) is 0 Å². The van der Waals surface area contributed by atoms with Gasteiger partial charge in [0.15, 0.2) is 0 Å². The molecule has 1 aliphatic rings. The summed E-state index contributed by atoms with van der Waals surface area (Å²) in [5, 5.41) is 11.9.